The number of hydrogen-bond acceptors (Lipinski definition) is 5. The molecule has 0 fully saturated rings. The highest BCUT2D eigenvalue weighted by Gasteiger charge is 2.10. The lowest BCUT2D eigenvalue weighted by Crippen LogP contribution is -2.20. The van der Waals surface area contributed by atoms with Gasteiger partial charge in [-0.05, 0) is 11.5 Å². The van der Waals surface area contributed by atoms with E-state index in [1.165, 1.54) is 0 Å². The second-order valence-electron chi connectivity index (χ2n) is 5.75. The van der Waals surface area contributed by atoms with Crippen LogP contribution in [-0.2, 0) is 4.79 Å². The summed E-state index contributed by atoms with van der Waals surface area (Å²) in [6.45, 7) is 0. The quantitative estimate of drug-likeness (QED) is 0.401. The van der Waals surface area contributed by atoms with Gasteiger partial charge in [0.1, 0.15) is 5.75 Å². The molecule has 132 valence electrons. The molecule has 0 spiro atoms. The largest absolute Gasteiger partial charge is 0.438 e. The van der Waals surface area contributed by atoms with E-state index in [1.54, 1.807) is 6.07 Å². The lowest BCUT2D eigenvalue weighted by Gasteiger charge is -2.11. The number of carbonyl (C=O) groups excluding carboxylic acids is 1. The van der Waals surface area contributed by atoms with Gasteiger partial charge >= 0.3 is 0 Å². The maximum absolute atomic E-state index is 10.6. The van der Waals surface area contributed by atoms with Crippen molar-refractivity contribution in [3.05, 3.63) is 78.9 Å². The Morgan fingerprint density at radius 1 is 0.852 bits per heavy atom. The van der Waals surface area contributed by atoms with Crippen molar-refractivity contribution in [2.24, 2.45) is 0 Å². The van der Waals surface area contributed by atoms with E-state index in [0.717, 1.165) is 16.3 Å². The molecule has 4 aromatic rings. The molecule has 0 aliphatic heterocycles. The third kappa shape index (κ3) is 3.69. The maximum atomic E-state index is 10.6. The fourth-order valence-corrected chi connectivity index (χ4v) is 2.76. The first-order valence-corrected chi connectivity index (χ1v) is 8.39. The van der Waals surface area contributed by atoms with Gasteiger partial charge in [0, 0.05) is 17.0 Å². The predicted molar refractivity (Wildman–Crippen MR) is 104 cm³/mol. The van der Waals surface area contributed by atoms with Gasteiger partial charge in [-0.2, -0.15) is 4.98 Å². The zero-order valence-corrected chi connectivity index (χ0v) is 14.3. The molecular weight excluding hydrogens is 340 g/mol. The van der Waals surface area contributed by atoms with E-state index in [1.807, 2.05) is 72.8 Å². The molecule has 1 aromatic heterocycles. The number of benzene rings is 3. The molecule has 0 unspecified atom stereocenters. The molecule has 0 saturated carbocycles. The normalized spacial score (nSPS) is 10.4. The number of hydrazine groups is 1. The van der Waals surface area contributed by atoms with Gasteiger partial charge in [-0.3, -0.25) is 15.6 Å². The maximum Gasteiger partial charge on any atom is 0.225 e. The Balaban J connectivity index is 1.75. The molecule has 0 radical (unpaired) electrons. The Labute approximate surface area is 155 Å². The number of ether oxygens (including phenoxy) is 1. The molecule has 0 saturated heterocycles. The number of hydrogen-bond donors (Lipinski definition) is 2. The van der Waals surface area contributed by atoms with Crippen LogP contribution in [0.2, 0.25) is 0 Å². The second kappa shape index (κ2) is 7.53. The topological polar surface area (TPSA) is 76.1 Å². The highest BCUT2D eigenvalue weighted by atomic mass is 16.5. The number of nitrogens with one attached hydrogen (secondary N) is 2. The SMILES string of the molecule is O=CNNc1cc(Oc2cccc3ccccc23)nc(-c2ccccc2)n1. The smallest absolute Gasteiger partial charge is 0.225 e. The van der Waals surface area contributed by atoms with Crippen molar-refractivity contribution in [1.29, 1.82) is 0 Å². The van der Waals surface area contributed by atoms with Gasteiger partial charge in [0.2, 0.25) is 12.3 Å². The lowest BCUT2D eigenvalue weighted by atomic mass is 10.1. The van der Waals surface area contributed by atoms with Crippen LogP contribution in [0.15, 0.2) is 78.9 Å². The molecule has 0 atom stereocenters. The van der Waals surface area contributed by atoms with Crippen LogP contribution in [0.5, 0.6) is 11.6 Å². The van der Waals surface area contributed by atoms with E-state index in [9.17, 15) is 4.79 Å². The molecule has 6 nitrogen and oxygen atoms in total. The zero-order chi connectivity index (χ0) is 18.5. The van der Waals surface area contributed by atoms with Crippen molar-refractivity contribution in [2.75, 3.05) is 5.43 Å². The Morgan fingerprint density at radius 3 is 2.48 bits per heavy atom. The van der Waals surface area contributed by atoms with Crippen LogP contribution in [-0.4, -0.2) is 16.4 Å². The Kier molecular flexibility index (Phi) is 4.61. The van der Waals surface area contributed by atoms with E-state index >= 15 is 0 Å². The van der Waals surface area contributed by atoms with Crippen molar-refractivity contribution in [2.45, 2.75) is 0 Å². The second-order valence-corrected chi connectivity index (χ2v) is 5.75. The molecule has 27 heavy (non-hydrogen) atoms. The summed E-state index contributed by atoms with van der Waals surface area (Å²) >= 11 is 0. The van der Waals surface area contributed by atoms with E-state index in [0.29, 0.717) is 29.7 Å². The average molecular weight is 356 g/mol. The summed E-state index contributed by atoms with van der Waals surface area (Å²) in [6, 6.07) is 25.0. The fourth-order valence-electron chi connectivity index (χ4n) is 2.76. The van der Waals surface area contributed by atoms with Gasteiger partial charge in [-0.1, -0.05) is 66.7 Å². The van der Waals surface area contributed by atoms with Crippen LogP contribution in [0.25, 0.3) is 22.2 Å². The van der Waals surface area contributed by atoms with Crippen molar-refractivity contribution >= 4 is 23.0 Å². The molecule has 0 bridgehead atoms. The number of fused-ring (bicyclic) bond motifs is 1. The van der Waals surface area contributed by atoms with Crippen LogP contribution in [0.1, 0.15) is 0 Å². The van der Waals surface area contributed by atoms with E-state index in [2.05, 4.69) is 20.8 Å². The summed E-state index contributed by atoms with van der Waals surface area (Å²) < 4.78 is 6.07. The van der Waals surface area contributed by atoms with Gasteiger partial charge in [0.15, 0.2) is 11.6 Å². The van der Waals surface area contributed by atoms with Crippen molar-refractivity contribution < 1.29 is 9.53 Å². The van der Waals surface area contributed by atoms with E-state index in [-0.39, 0.29) is 0 Å². The molecule has 6 heteroatoms. The molecule has 2 N–H and O–H groups in total. The molecule has 0 aliphatic carbocycles. The molecule has 1 amide bonds. The summed E-state index contributed by atoms with van der Waals surface area (Å²) in [5, 5.41) is 2.06. The van der Waals surface area contributed by atoms with Crippen molar-refractivity contribution in [3.8, 4) is 23.0 Å². The third-order valence-electron chi connectivity index (χ3n) is 3.96. The molecule has 3 aromatic carbocycles. The Bertz CT molecular complexity index is 1080. The first-order valence-electron chi connectivity index (χ1n) is 8.39. The minimum Gasteiger partial charge on any atom is -0.438 e. The highest BCUT2D eigenvalue weighted by Crippen LogP contribution is 2.30. The van der Waals surface area contributed by atoms with Crippen LogP contribution in [0, 0.1) is 0 Å². The molecule has 1 heterocycles. The van der Waals surface area contributed by atoms with E-state index in [4.69, 9.17) is 4.74 Å². The standard InChI is InChI=1S/C21H16N4O2/c26-14-22-25-19-13-20(24-21(23-19)16-8-2-1-3-9-16)27-18-12-6-10-15-7-4-5-11-17(15)18/h1-14H,(H,22,26)(H,23,24,25). The summed E-state index contributed by atoms with van der Waals surface area (Å²) in [5.41, 5.74) is 5.95. The minimum atomic E-state index is 0.371. The molecule has 4 rings (SSSR count). The number of anilines is 1. The number of carbonyl (C=O) groups is 1. The first-order chi connectivity index (χ1) is 13.3. The number of aromatic nitrogens is 2. The first kappa shape index (κ1) is 16.5. The Hall–Kier alpha value is -3.93. The number of nitrogens with zero attached hydrogens (tertiary/aromatic N) is 2. The average Bonchev–Trinajstić information content (AvgIpc) is 2.73. The molecule has 0 aliphatic rings. The number of amides is 1. The van der Waals surface area contributed by atoms with Gasteiger partial charge < -0.3 is 4.74 Å². The van der Waals surface area contributed by atoms with Crippen LogP contribution >= 0.6 is 0 Å². The van der Waals surface area contributed by atoms with Crippen LogP contribution in [0.4, 0.5) is 5.82 Å². The van der Waals surface area contributed by atoms with Gasteiger partial charge in [-0.25, -0.2) is 4.98 Å². The molecular formula is C21H16N4O2. The Morgan fingerprint density at radius 2 is 1.63 bits per heavy atom. The summed E-state index contributed by atoms with van der Waals surface area (Å²) in [7, 11) is 0. The fraction of sp³-hybridized carbons (Fsp3) is 0. The van der Waals surface area contributed by atoms with Crippen molar-refractivity contribution in [3.63, 3.8) is 0 Å². The number of rotatable bonds is 6. The monoisotopic (exact) mass is 356 g/mol. The van der Waals surface area contributed by atoms with Crippen LogP contribution < -0.4 is 15.6 Å². The highest BCUT2D eigenvalue weighted by molar-refractivity contribution is 5.88. The van der Waals surface area contributed by atoms with Gasteiger partial charge in [-0.15, -0.1) is 0 Å². The van der Waals surface area contributed by atoms with Gasteiger partial charge in [0.25, 0.3) is 0 Å². The summed E-state index contributed by atoms with van der Waals surface area (Å²) in [5.74, 6) is 1.98. The summed E-state index contributed by atoms with van der Waals surface area (Å²) in [6.07, 6.45) is 0.537. The minimum absolute atomic E-state index is 0.371. The van der Waals surface area contributed by atoms with Crippen molar-refractivity contribution in [1.82, 2.24) is 15.4 Å². The van der Waals surface area contributed by atoms with E-state index < -0.39 is 0 Å². The van der Waals surface area contributed by atoms with Crippen LogP contribution in [0.3, 0.4) is 0 Å². The zero-order valence-electron chi connectivity index (χ0n) is 14.3. The lowest BCUT2D eigenvalue weighted by molar-refractivity contribution is -0.109. The van der Waals surface area contributed by atoms with Gasteiger partial charge in [0.05, 0.1) is 0 Å². The third-order valence-corrected chi connectivity index (χ3v) is 3.96. The predicted octanol–water partition coefficient (Wildman–Crippen LogP) is 4.16. The summed E-state index contributed by atoms with van der Waals surface area (Å²) in [4.78, 5) is 19.6.